The molecule has 4 rings (SSSR count). The van der Waals surface area contributed by atoms with E-state index in [4.69, 9.17) is 8.94 Å². The van der Waals surface area contributed by atoms with Crippen molar-refractivity contribution in [3.05, 3.63) is 59.7 Å². The molecule has 8 heteroatoms. The van der Waals surface area contributed by atoms with Gasteiger partial charge in [-0.3, -0.25) is 9.69 Å². The second kappa shape index (κ2) is 5.83. The van der Waals surface area contributed by atoms with E-state index in [2.05, 4.69) is 15.5 Å². The van der Waals surface area contributed by atoms with Crippen molar-refractivity contribution >= 4 is 11.9 Å². The van der Waals surface area contributed by atoms with Crippen LogP contribution in [0.3, 0.4) is 0 Å². The fourth-order valence-corrected chi connectivity index (χ4v) is 2.88. The van der Waals surface area contributed by atoms with Crippen LogP contribution in [0.1, 0.15) is 23.9 Å². The minimum atomic E-state index is -1.13. The lowest BCUT2D eigenvalue weighted by Crippen LogP contribution is -2.40. The number of benzene rings is 1. The minimum absolute atomic E-state index is 0.111. The summed E-state index contributed by atoms with van der Waals surface area (Å²) in [5, 5.41) is 6.56. The number of hydrogen-bond acceptors (Lipinski definition) is 6. The SMILES string of the molecule is Cc1ccc(C2(C)NC(=O)N(Cc3nc(-c4ccco4)no3)C2=O)cc1. The van der Waals surface area contributed by atoms with Crippen LogP contribution in [0.25, 0.3) is 11.6 Å². The standard InChI is InChI=1S/C18H16N4O4/c1-11-5-7-12(8-6-11)18(2)16(23)22(17(24)20-18)10-14-19-15(21-26-14)13-4-3-9-25-13/h3-9H,10H2,1-2H3,(H,20,24). The van der Waals surface area contributed by atoms with Crippen molar-refractivity contribution in [2.45, 2.75) is 25.9 Å². The van der Waals surface area contributed by atoms with E-state index in [-0.39, 0.29) is 24.2 Å². The molecule has 1 unspecified atom stereocenters. The molecule has 1 aromatic carbocycles. The Morgan fingerprint density at radius 2 is 1.96 bits per heavy atom. The third kappa shape index (κ3) is 2.55. The third-order valence-corrected chi connectivity index (χ3v) is 4.41. The molecule has 0 radical (unpaired) electrons. The van der Waals surface area contributed by atoms with Crippen molar-refractivity contribution in [1.29, 1.82) is 0 Å². The minimum Gasteiger partial charge on any atom is -0.461 e. The first-order valence-corrected chi connectivity index (χ1v) is 8.05. The van der Waals surface area contributed by atoms with Gasteiger partial charge in [-0.15, -0.1) is 0 Å². The van der Waals surface area contributed by atoms with Crippen LogP contribution < -0.4 is 5.32 Å². The lowest BCUT2D eigenvalue weighted by Gasteiger charge is -2.22. The number of carbonyl (C=O) groups is 2. The first kappa shape index (κ1) is 16.1. The Hall–Kier alpha value is -3.42. The molecule has 1 fully saturated rings. The maximum Gasteiger partial charge on any atom is 0.325 e. The van der Waals surface area contributed by atoms with Gasteiger partial charge in [-0.25, -0.2) is 4.79 Å². The highest BCUT2D eigenvalue weighted by molar-refractivity contribution is 6.07. The highest BCUT2D eigenvalue weighted by Gasteiger charge is 2.49. The number of urea groups is 1. The van der Waals surface area contributed by atoms with E-state index in [0.717, 1.165) is 10.5 Å². The van der Waals surface area contributed by atoms with E-state index >= 15 is 0 Å². The van der Waals surface area contributed by atoms with Gasteiger partial charge in [0.15, 0.2) is 5.76 Å². The number of aryl methyl sites for hydroxylation is 1. The smallest absolute Gasteiger partial charge is 0.325 e. The molecule has 1 N–H and O–H groups in total. The van der Waals surface area contributed by atoms with E-state index in [1.807, 2.05) is 31.2 Å². The summed E-state index contributed by atoms with van der Waals surface area (Å²) >= 11 is 0. The normalized spacial score (nSPS) is 19.8. The molecule has 1 saturated heterocycles. The van der Waals surface area contributed by atoms with Crippen LogP contribution in [-0.2, 0) is 16.9 Å². The zero-order chi connectivity index (χ0) is 18.3. The number of nitrogens with zero attached hydrogens (tertiary/aromatic N) is 3. The summed E-state index contributed by atoms with van der Waals surface area (Å²) in [4.78, 5) is 30.5. The van der Waals surface area contributed by atoms with Gasteiger partial charge >= 0.3 is 6.03 Å². The lowest BCUT2D eigenvalue weighted by atomic mass is 9.91. The van der Waals surface area contributed by atoms with Crippen molar-refractivity contribution in [3.63, 3.8) is 0 Å². The molecule has 2 aromatic heterocycles. The van der Waals surface area contributed by atoms with E-state index in [9.17, 15) is 9.59 Å². The molecule has 3 amide bonds. The van der Waals surface area contributed by atoms with Crippen LogP contribution in [0, 0.1) is 6.92 Å². The van der Waals surface area contributed by atoms with E-state index in [0.29, 0.717) is 11.3 Å². The average molecular weight is 352 g/mol. The van der Waals surface area contributed by atoms with Crippen LogP contribution in [0.4, 0.5) is 4.79 Å². The monoisotopic (exact) mass is 352 g/mol. The summed E-state index contributed by atoms with van der Waals surface area (Å²) in [5.74, 6) is 0.484. The molecule has 26 heavy (non-hydrogen) atoms. The van der Waals surface area contributed by atoms with E-state index in [1.165, 1.54) is 6.26 Å². The quantitative estimate of drug-likeness (QED) is 0.724. The first-order valence-electron chi connectivity index (χ1n) is 8.05. The predicted octanol–water partition coefficient (Wildman–Crippen LogP) is 2.61. The second-order valence-corrected chi connectivity index (χ2v) is 6.30. The van der Waals surface area contributed by atoms with Crippen molar-refractivity contribution in [2.24, 2.45) is 0 Å². The number of hydrogen-bond donors (Lipinski definition) is 1. The number of rotatable bonds is 4. The zero-order valence-electron chi connectivity index (χ0n) is 14.2. The van der Waals surface area contributed by atoms with Crippen molar-refractivity contribution in [1.82, 2.24) is 20.4 Å². The van der Waals surface area contributed by atoms with Crippen LogP contribution in [0.5, 0.6) is 0 Å². The Morgan fingerprint density at radius 3 is 2.65 bits per heavy atom. The zero-order valence-corrected chi connectivity index (χ0v) is 14.2. The number of carbonyl (C=O) groups excluding carboxylic acids is 2. The summed E-state index contributed by atoms with van der Waals surface area (Å²) in [5.41, 5.74) is 0.655. The highest BCUT2D eigenvalue weighted by atomic mass is 16.5. The molecular formula is C18H16N4O4. The second-order valence-electron chi connectivity index (χ2n) is 6.30. The third-order valence-electron chi connectivity index (χ3n) is 4.41. The van der Waals surface area contributed by atoms with Crippen molar-refractivity contribution in [2.75, 3.05) is 0 Å². The molecule has 1 aliphatic rings. The van der Waals surface area contributed by atoms with E-state index < -0.39 is 11.6 Å². The summed E-state index contributed by atoms with van der Waals surface area (Å²) in [6.45, 7) is 3.53. The van der Waals surface area contributed by atoms with E-state index in [1.54, 1.807) is 19.1 Å². The number of nitrogens with one attached hydrogen (secondary N) is 1. The van der Waals surface area contributed by atoms with Gasteiger partial charge in [0.1, 0.15) is 12.1 Å². The highest BCUT2D eigenvalue weighted by Crippen LogP contribution is 2.30. The van der Waals surface area contributed by atoms with Crippen LogP contribution in [0.2, 0.25) is 0 Å². The van der Waals surface area contributed by atoms with Gasteiger partial charge in [-0.05, 0) is 31.5 Å². The van der Waals surface area contributed by atoms with Gasteiger partial charge in [-0.1, -0.05) is 35.0 Å². The maximum atomic E-state index is 12.9. The summed E-state index contributed by atoms with van der Waals surface area (Å²) in [7, 11) is 0. The molecule has 0 saturated carbocycles. The van der Waals surface area contributed by atoms with Crippen LogP contribution >= 0.6 is 0 Å². The van der Waals surface area contributed by atoms with Gasteiger partial charge in [-0.2, -0.15) is 4.98 Å². The Morgan fingerprint density at radius 1 is 1.19 bits per heavy atom. The van der Waals surface area contributed by atoms with Crippen molar-refractivity contribution < 1.29 is 18.5 Å². The molecule has 0 spiro atoms. The topological polar surface area (TPSA) is 101 Å². The maximum absolute atomic E-state index is 12.9. The summed E-state index contributed by atoms with van der Waals surface area (Å²) in [6.07, 6.45) is 1.50. The lowest BCUT2D eigenvalue weighted by molar-refractivity contribution is -0.131. The molecule has 3 aromatic rings. The molecule has 1 aliphatic heterocycles. The Balaban J connectivity index is 1.57. The van der Waals surface area contributed by atoms with Crippen LogP contribution in [0.15, 0.2) is 51.6 Å². The first-order chi connectivity index (χ1) is 12.5. The van der Waals surface area contributed by atoms with Gasteiger partial charge in [0.25, 0.3) is 5.91 Å². The summed E-state index contributed by atoms with van der Waals surface area (Å²) < 4.78 is 10.3. The van der Waals surface area contributed by atoms with Crippen LogP contribution in [-0.4, -0.2) is 27.0 Å². The number of furan rings is 1. The number of amides is 3. The fourth-order valence-electron chi connectivity index (χ4n) is 2.88. The van der Waals surface area contributed by atoms with Crippen molar-refractivity contribution in [3.8, 4) is 11.6 Å². The van der Waals surface area contributed by atoms with Gasteiger partial charge in [0.05, 0.1) is 6.26 Å². The fraction of sp³-hybridized carbons (Fsp3) is 0.222. The number of imide groups is 1. The Kier molecular flexibility index (Phi) is 3.61. The average Bonchev–Trinajstić information content (AvgIpc) is 3.34. The molecular weight excluding hydrogens is 336 g/mol. The Labute approximate surface area is 148 Å². The predicted molar refractivity (Wildman–Crippen MR) is 89.6 cm³/mol. The van der Waals surface area contributed by atoms with Gasteiger partial charge in [0.2, 0.25) is 11.7 Å². The molecule has 8 nitrogen and oxygen atoms in total. The molecule has 1 atom stereocenters. The van der Waals surface area contributed by atoms with Gasteiger partial charge in [0, 0.05) is 0 Å². The summed E-state index contributed by atoms with van der Waals surface area (Å²) in [6, 6.07) is 10.4. The Bertz CT molecular complexity index is 962. The molecule has 0 bridgehead atoms. The largest absolute Gasteiger partial charge is 0.461 e. The molecule has 3 heterocycles. The molecule has 0 aliphatic carbocycles. The molecule has 132 valence electrons. The van der Waals surface area contributed by atoms with Gasteiger partial charge < -0.3 is 14.3 Å². The number of aromatic nitrogens is 2.